The van der Waals surface area contributed by atoms with Crippen molar-refractivity contribution < 1.29 is 9.18 Å². The fraction of sp³-hybridized carbons (Fsp3) is 0.167. The number of nitrogens with zero attached hydrogens (tertiary/aromatic N) is 1. The van der Waals surface area contributed by atoms with E-state index in [0.717, 1.165) is 5.69 Å². The van der Waals surface area contributed by atoms with Gasteiger partial charge in [-0.2, -0.15) is 0 Å². The number of carbonyl (C=O) groups excluding carboxylic acids is 1. The Morgan fingerprint density at radius 2 is 2.28 bits per heavy atom. The Morgan fingerprint density at radius 1 is 1.44 bits per heavy atom. The summed E-state index contributed by atoms with van der Waals surface area (Å²) in [6.45, 7) is 0.399. The van der Waals surface area contributed by atoms with Crippen molar-refractivity contribution in [3.05, 3.63) is 48.3 Å². The molecular formula is C12H12FN3OS. The average Bonchev–Trinajstić information content (AvgIpc) is 2.88. The van der Waals surface area contributed by atoms with E-state index in [1.165, 1.54) is 17.8 Å². The zero-order valence-corrected chi connectivity index (χ0v) is 10.3. The van der Waals surface area contributed by atoms with Crippen molar-refractivity contribution in [1.29, 1.82) is 0 Å². The highest BCUT2D eigenvalue weighted by atomic mass is 32.2. The van der Waals surface area contributed by atoms with E-state index >= 15 is 0 Å². The molecule has 0 unspecified atom stereocenters. The molecule has 0 bridgehead atoms. The van der Waals surface area contributed by atoms with Gasteiger partial charge in [0.15, 0.2) is 0 Å². The number of aromatic amines is 1. The molecular weight excluding hydrogens is 253 g/mol. The molecule has 0 aliphatic carbocycles. The minimum atomic E-state index is -0.302. The Morgan fingerprint density at radius 3 is 3.00 bits per heavy atom. The highest BCUT2D eigenvalue weighted by Crippen LogP contribution is 2.20. The van der Waals surface area contributed by atoms with Crippen LogP contribution in [0.1, 0.15) is 5.69 Å². The molecule has 1 aromatic heterocycles. The largest absolute Gasteiger partial charge is 0.350 e. The van der Waals surface area contributed by atoms with Gasteiger partial charge in [-0.05, 0) is 12.1 Å². The van der Waals surface area contributed by atoms with Gasteiger partial charge in [0.2, 0.25) is 5.91 Å². The lowest BCUT2D eigenvalue weighted by Gasteiger charge is -2.04. The molecule has 1 amide bonds. The summed E-state index contributed by atoms with van der Waals surface area (Å²) in [5, 5.41) is 2.72. The first-order chi connectivity index (χ1) is 8.75. The molecule has 0 atom stereocenters. The number of benzene rings is 1. The summed E-state index contributed by atoms with van der Waals surface area (Å²) >= 11 is 1.18. The summed E-state index contributed by atoms with van der Waals surface area (Å²) in [4.78, 5) is 18.7. The lowest BCUT2D eigenvalue weighted by molar-refractivity contribution is -0.118. The van der Waals surface area contributed by atoms with Crippen molar-refractivity contribution >= 4 is 17.7 Å². The third kappa shape index (κ3) is 3.59. The number of hydrogen-bond acceptors (Lipinski definition) is 3. The second-order valence-electron chi connectivity index (χ2n) is 3.57. The number of hydrogen-bond donors (Lipinski definition) is 2. The van der Waals surface area contributed by atoms with Gasteiger partial charge in [-0.1, -0.05) is 12.1 Å². The highest BCUT2D eigenvalue weighted by Gasteiger charge is 2.06. The SMILES string of the molecule is O=C(CSc1ccccc1F)NCc1cnc[nH]1. The van der Waals surface area contributed by atoms with E-state index in [0.29, 0.717) is 11.4 Å². The minimum absolute atomic E-state index is 0.141. The predicted octanol–water partition coefficient (Wildman–Crippen LogP) is 1.96. The van der Waals surface area contributed by atoms with Crippen LogP contribution in [0.2, 0.25) is 0 Å². The van der Waals surface area contributed by atoms with E-state index in [1.54, 1.807) is 30.7 Å². The van der Waals surface area contributed by atoms with Crippen molar-refractivity contribution in [3.8, 4) is 0 Å². The number of H-pyrrole nitrogens is 1. The van der Waals surface area contributed by atoms with E-state index in [1.807, 2.05) is 0 Å². The molecule has 0 spiro atoms. The molecule has 0 radical (unpaired) electrons. The smallest absolute Gasteiger partial charge is 0.230 e. The van der Waals surface area contributed by atoms with Crippen LogP contribution in [0.25, 0.3) is 0 Å². The number of halogens is 1. The van der Waals surface area contributed by atoms with Crippen molar-refractivity contribution in [2.24, 2.45) is 0 Å². The number of nitrogens with one attached hydrogen (secondary N) is 2. The zero-order chi connectivity index (χ0) is 12.8. The number of imidazole rings is 1. The predicted molar refractivity (Wildman–Crippen MR) is 67.6 cm³/mol. The molecule has 1 aromatic carbocycles. The fourth-order valence-corrected chi connectivity index (χ4v) is 2.10. The number of carbonyl (C=O) groups is 1. The summed E-state index contributed by atoms with van der Waals surface area (Å²) in [6, 6.07) is 6.40. The topological polar surface area (TPSA) is 57.8 Å². The Bertz CT molecular complexity index is 516. The van der Waals surface area contributed by atoms with Crippen molar-refractivity contribution in [2.45, 2.75) is 11.4 Å². The first-order valence-corrected chi connectivity index (χ1v) is 6.35. The highest BCUT2D eigenvalue weighted by molar-refractivity contribution is 8.00. The fourth-order valence-electron chi connectivity index (χ4n) is 1.33. The summed E-state index contributed by atoms with van der Waals surface area (Å²) < 4.78 is 13.3. The van der Waals surface area contributed by atoms with Crippen LogP contribution in [0.3, 0.4) is 0 Å². The lowest BCUT2D eigenvalue weighted by Crippen LogP contribution is -2.24. The van der Waals surface area contributed by atoms with Gasteiger partial charge in [-0.3, -0.25) is 4.79 Å². The molecule has 2 aromatic rings. The molecule has 94 valence electrons. The number of rotatable bonds is 5. The monoisotopic (exact) mass is 265 g/mol. The van der Waals surface area contributed by atoms with Gasteiger partial charge in [0.05, 0.1) is 24.3 Å². The molecule has 18 heavy (non-hydrogen) atoms. The lowest BCUT2D eigenvalue weighted by atomic mass is 10.3. The Kier molecular flexibility index (Phi) is 4.35. The van der Waals surface area contributed by atoms with Crippen molar-refractivity contribution in [2.75, 3.05) is 5.75 Å². The zero-order valence-electron chi connectivity index (χ0n) is 9.52. The van der Waals surface area contributed by atoms with Gasteiger partial charge < -0.3 is 10.3 Å². The Hall–Kier alpha value is -1.82. The number of amides is 1. The van der Waals surface area contributed by atoms with Crippen LogP contribution in [0.5, 0.6) is 0 Å². The van der Waals surface area contributed by atoms with Crippen LogP contribution in [0.15, 0.2) is 41.7 Å². The Labute approximate surface area is 108 Å². The van der Waals surface area contributed by atoms with Gasteiger partial charge in [-0.15, -0.1) is 11.8 Å². The average molecular weight is 265 g/mol. The Balaban J connectivity index is 1.77. The molecule has 1 heterocycles. The molecule has 0 aliphatic rings. The summed E-state index contributed by atoms with van der Waals surface area (Å²) in [6.07, 6.45) is 3.19. The first-order valence-electron chi connectivity index (χ1n) is 5.37. The van der Waals surface area contributed by atoms with Crippen LogP contribution < -0.4 is 5.32 Å². The van der Waals surface area contributed by atoms with Gasteiger partial charge in [0, 0.05) is 11.1 Å². The van der Waals surface area contributed by atoms with E-state index in [2.05, 4.69) is 15.3 Å². The van der Waals surface area contributed by atoms with Gasteiger partial charge in [0.25, 0.3) is 0 Å². The molecule has 4 nitrogen and oxygen atoms in total. The van der Waals surface area contributed by atoms with Crippen LogP contribution in [-0.4, -0.2) is 21.6 Å². The van der Waals surface area contributed by atoms with E-state index in [-0.39, 0.29) is 17.5 Å². The summed E-state index contributed by atoms with van der Waals surface area (Å²) in [5.41, 5.74) is 0.833. The quantitative estimate of drug-likeness (QED) is 0.812. The van der Waals surface area contributed by atoms with Crippen molar-refractivity contribution in [1.82, 2.24) is 15.3 Å². The third-order valence-electron chi connectivity index (χ3n) is 2.23. The van der Waals surface area contributed by atoms with E-state index < -0.39 is 0 Å². The van der Waals surface area contributed by atoms with Crippen LogP contribution >= 0.6 is 11.8 Å². The van der Waals surface area contributed by atoms with Gasteiger partial charge >= 0.3 is 0 Å². The molecule has 0 saturated heterocycles. The van der Waals surface area contributed by atoms with Crippen LogP contribution in [-0.2, 0) is 11.3 Å². The third-order valence-corrected chi connectivity index (χ3v) is 3.27. The van der Waals surface area contributed by atoms with Crippen LogP contribution in [0, 0.1) is 5.82 Å². The van der Waals surface area contributed by atoms with E-state index in [4.69, 9.17) is 0 Å². The molecule has 0 aliphatic heterocycles. The maximum atomic E-state index is 13.3. The second-order valence-corrected chi connectivity index (χ2v) is 4.59. The molecule has 0 fully saturated rings. The van der Waals surface area contributed by atoms with Crippen LogP contribution in [0.4, 0.5) is 4.39 Å². The van der Waals surface area contributed by atoms with Gasteiger partial charge in [-0.25, -0.2) is 9.37 Å². The summed E-state index contributed by atoms with van der Waals surface area (Å²) in [7, 11) is 0. The molecule has 6 heteroatoms. The van der Waals surface area contributed by atoms with E-state index in [9.17, 15) is 9.18 Å². The number of aromatic nitrogens is 2. The van der Waals surface area contributed by atoms with Crippen molar-refractivity contribution in [3.63, 3.8) is 0 Å². The first kappa shape index (κ1) is 12.6. The van der Waals surface area contributed by atoms with Gasteiger partial charge in [0.1, 0.15) is 5.82 Å². The number of thioether (sulfide) groups is 1. The second kappa shape index (κ2) is 6.20. The maximum Gasteiger partial charge on any atom is 0.230 e. The summed E-state index contributed by atoms with van der Waals surface area (Å²) in [5.74, 6) is -0.253. The minimum Gasteiger partial charge on any atom is -0.350 e. The normalized spacial score (nSPS) is 10.3. The standard InChI is InChI=1S/C12H12FN3OS/c13-10-3-1-2-4-11(10)18-7-12(17)15-6-9-5-14-8-16-9/h1-5,8H,6-7H2,(H,14,16)(H,15,17). The molecule has 0 saturated carbocycles. The molecule has 2 rings (SSSR count). The molecule has 2 N–H and O–H groups in total. The maximum absolute atomic E-state index is 13.3.